The minimum Gasteiger partial charge on any atom is -0.465 e. The van der Waals surface area contributed by atoms with E-state index in [9.17, 15) is 9.90 Å². The van der Waals surface area contributed by atoms with Gasteiger partial charge < -0.3 is 14.4 Å². The lowest BCUT2D eigenvalue weighted by molar-refractivity contribution is -0.0251. The van der Waals surface area contributed by atoms with Crippen LogP contribution in [-0.2, 0) is 6.42 Å². The molecule has 0 radical (unpaired) electrons. The number of nitrogens with zero attached hydrogens (tertiary/aromatic N) is 3. The highest BCUT2D eigenvalue weighted by molar-refractivity contribution is 5.66. The van der Waals surface area contributed by atoms with Gasteiger partial charge in [0.25, 0.3) is 0 Å². The van der Waals surface area contributed by atoms with Gasteiger partial charge in [-0.1, -0.05) is 26.8 Å². The third kappa shape index (κ3) is 2.69. The second-order valence-corrected chi connectivity index (χ2v) is 7.55. The summed E-state index contributed by atoms with van der Waals surface area (Å²) in [5.74, 6) is 0. The van der Waals surface area contributed by atoms with Crippen LogP contribution in [0, 0.1) is 5.41 Å². The van der Waals surface area contributed by atoms with Gasteiger partial charge in [0.15, 0.2) is 0 Å². The van der Waals surface area contributed by atoms with Crippen molar-refractivity contribution in [1.82, 2.24) is 14.3 Å². The molecule has 1 fully saturated rings. The fourth-order valence-electron chi connectivity index (χ4n) is 3.92. The Bertz CT molecular complexity index is 683. The summed E-state index contributed by atoms with van der Waals surface area (Å²) in [5, 5.41) is 9.76. The molecule has 2 aromatic rings. The van der Waals surface area contributed by atoms with E-state index in [1.807, 2.05) is 35.0 Å². The molecule has 3 heterocycles. The molecule has 124 valence electrons. The Morgan fingerprint density at radius 3 is 2.78 bits per heavy atom. The lowest BCUT2D eigenvalue weighted by Crippen LogP contribution is -2.62. The van der Waals surface area contributed by atoms with Gasteiger partial charge in [-0.15, -0.1) is 0 Å². The quantitative estimate of drug-likeness (QED) is 0.916. The van der Waals surface area contributed by atoms with Crippen molar-refractivity contribution >= 4 is 11.7 Å². The van der Waals surface area contributed by atoms with E-state index >= 15 is 0 Å². The molecule has 2 aromatic heterocycles. The van der Waals surface area contributed by atoms with Crippen molar-refractivity contribution in [3.63, 3.8) is 0 Å². The Hall–Kier alpha value is -2.04. The molecule has 5 nitrogen and oxygen atoms in total. The van der Waals surface area contributed by atoms with Gasteiger partial charge in [-0.2, -0.15) is 0 Å². The summed E-state index contributed by atoms with van der Waals surface area (Å²) in [6.45, 7) is 7.04. The van der Waals surface area contributed by atoms with Crippen molar-refractivity contribution in [2.24, 2.45) is 5.41 Å². The predicted molar refractivity (Wildman–Crippen MR) is 89.7 cm³/mol. The summed E-state index contributed by atoms with van der Waals surface area (Å²) >= 11 is 0. The van der Waals surface area contributed by atoms with Crippen molar-refractivity contribution in [2.45, 2.75) is 52.0 Å². The monoisotopic (exact) mass is 315 g/mol. The molecule has 1 aliphatic heterocycles. The van der Waals surface area contributed by atoms with Crippen LogP contribution in [-0.4, -0.2) is 37.6 Å². The second-order valence-electron chi connectivity index (χ2n) is 7.55. The van der Waals surface area contributed by atoms with Gasteiger partial charge in [0.2, 0.25) is 0 Å². The highest BCUT2D eigenvalue weighted by Crippen LogP contribution is 2.44. The number of pyridine rings is 1. The minimum atomic E-state index is -0.816. The van der Waals surface area contributed by atoms with Crippen molar-refractivity contribution in [3.8, 4) is 0 Å². The van der Waals surface area contributed by atoms with Crippen molar-refractivity contribution < 1.29 is 9.90 Å². The molecule has 3 rings (SSSR count). The number of hydrogen-bond acceptors (Lipinski definition) is 2. The first-order chi connectivity index (χ1) is 10.8. The number of likely N-dealkylation sites (tertiary alicyclic amines) is 1. The Morgan fingerprint density at radius 1 is 1.35 bits per heavy atom. The number of hydrogen-bond donors (Lipinski definition) is 1. The highest BCUT2D eigenvalue weighted by Gasteiger charge is 2.50. The van der Waals surface area contributed by atoms with Crippen LogP contribution in [0.4, 0.5) is 4.79 Å². The largest absolute Gasteiger partial charge is 0.465 e. The molecule has 0 aromatic carbocycles. The van der Waals surface area contributed by atoms with E-state index in [0.29, 0.717) is 13.0 Å². The molecular weight excluding hydrogens is 290 g/mol. The fraction of sp³-hybridized carbons (Fsp3) is 0.556. The van der Waals surface area contributed by atoms with Crippen LogP contribution in [0.25, 0.3) is 5.65 Å². The topological polar surface area (TPSA) is 57.8 Å². The Morgan fingerprint density at radius 2 is 2.13 bits per heavy atom. The second kappa shape index (κ2) is 5.55. The van der Waals surface area contributed by atoms with Gasteiger partial charge in [0, 0.05) is 25.4 Å². The molecule has 0 bridgehead atoms. The van der Waals surface area contributed by atoms with E-state index in [1.165, 1.54) is 0 Å². The van der Waals surface area contributed by atoms with Crippen LogP contribution < -0.4 is 0 Å². The summed E-state index contributed by atoms with van der Waals surface area (Å²) < 4.78 is 2.00. The first-order valence-corrected chi connectivity index (χ1v) is 8.27. The van der Waals surface area contributed by atoms with E-state index in [2.05, 4.69) is 20.8 Å². The minimum absolute atomic E-state index is 0.151. The molecule has 0 aliphatic carbocycles. The molecular formula is C18H25N3O2. The molecule has 0 saturated carbocycles. The van der Waals surface area contributed by atoms with Crippen molar-refractivity contribution in [2.75, 3.05) is 6.54 Å². The first kappa shape index (κ1) is 15.8. The molecule has 5 heteroatoms. The summed E-state index contributed by atoms with van der Waals surface area (Å²) in [6.07, 6.45) is 6.73. The van der Waals surface area contributed by atoms with Gasteiger partial charge in [0.1, 0.15) is 5.65 Å². The maximum Gasteiger partial charge on any atom is 0.407 e. The zero-order chi connectivity index (χ0) is 16.7. The number of piperidine rings is 1. The maximum absolute atomic E-state index is 11.9. The zero-order valence-corrected chi connectivity index (χ0v) is 14.1. The standard InChI is InChI=1S/C18H25N3O2/c1-17(2,3)18(9-5-7-11-21(18)16(22)23)12-14-13-20-10-6-4-8-15(20)19-14/h4,6,8,10,13H,5,7,9,11-12H2,1-3H3,(H,22,23)/t18-/m0/s1. The fourth-order valence-corrected chi connectivity index (χ4v) is 3.92. The van der Waals surface area contributed by atoms with E-state index in [0.717, 1.165) is 30.6 Å². The molecule has 1 saturated heterocycles. The van der Waals surface area contributed by atoms with E-state index in [-0.39, 0.29) is 5.41 Å². The van der Waals surface area contributed by atoms with Gasteiger partial charge in [-0.25, -0.2) is 9.78 Å². The summed E-state index contributed by atoms with van der Waals surface area (Å²) in [6, 6.07) is 5.92. The Balaban J connectivity index is 2.03. The average molecular weight is 315 g/mol. The third-order valence-corrected chi connectivity index (χ3v) is 5.25. The molecule has 1 atom stereocenters. The number of fused-ring (bicyclic) bond motifs is 1. The summed E-state index contributed by atoms with van der Waals surface area (Å²) in [5.41, 5.74) is 1.31. The smallest absolute Gasteiger partial charge is 0.407 e. The van der Waals surface area contributed by atoms with Gasteiger partial charge in [-0.05, 0) is 36.8 Å². The summed E-state index contributed by atoms with van der Waals surface area (Å²) in [7, 11) is 0. The van der Waals surface area contributed by atoms with E-state index in [4.69, 9.17) is 4.98 Å². The highest BCUT2D eigenvalue weighted by atomic mass is 16.4. The van der Waals surface area contributed by atoms with Crippen LogP contribution >= 0.6 is 0 Å². The van der Waals surface area contributed by atoms with Crippen LogP contribution in [0.1, 0.15) is 45.7 Å². The molecule has 23 heavy (non-hydrogen) atoms. The molecule has 1 amide bonds. The normalized spacial score (nSPS) is 22.5. The number of carbonyl (C=O) groups is 1. The van der Waals surface area contributed by atoms with Crippen molar-refractivity contribution in [3.05, 3.63) is 36.3 Å². The van der Waals surface area contributed by atoms with Crippen LogP contribution in [0.5, 0.6) is 0 Å². The predicted octanol–water partition coefficient (Wildman–Crippen LogP) is 3.83. The van der Waals surface area contributed by atoms with Crippen LogP contribution in [0.2, 0.25) is 0 Å². The van der Waals surface area contributed by atoms with E-state index < -0.39 is 11.6 Å². The molecule has 0 unspecified atom stereocenters. The number of imidazole rings is 1. The lowest BCUT2D eigenvalue weighted by atomic mass is 9.65. The van der Waals surface area contributed by atoms with Gasteiger partial charge in [0.05, 0.1) is 11.2 Å². The van der Waals surface area contributed by atoms with Gasteiger partial charge in [-0.3, -0.25) is 0 Å². The number of aromatic nitrogens is 2. The van der Waals surface area contributed by atoms with Gasteiger partial charge >= 0.3 is 6.09 Å². The zero-order valence-electron chi connectivity index (χ0n) is 14.1. The third-order valence-electron chi connectivity index (χ3n) is 5.25. The molecule has 1 aliphatic rings. The lowest BCUT2D eigenvalue weighted by Gasteiger charge is -2.53. The average Bonchev–Trinajstić information content (AvgIpc) is 2.88. The first-order valence-electron chi connectivity index (χ1n) is 8.27. The number of carboxylic acid groups (broad SMARTS) is 1. The van der Waals surface area contributed by atoms with Crippen LogP contribution in [0.15, 0.2) is 30.6 Å². The van der Waals surface area contributed by atoms with Crippen molar-refractivity contribution in [1.29, 1.82) is 0 Å². The Kier molecular flexibility index (Phi) is 3.82. The van der Waals surface area contributed by atoms with Crippen LogP contribution in [0.3, 0.4) is 0 Å². The molecule has 0 spiro atoms. The number of rotatable bonds is 2. The molecule has 1 N–H and O–H groups in total. The number of amides is 1. The summed E-state index contributed by atoms with van der Waals surface area (Å²) in [4.78, 5) is 18.2. The van der Waals surface area contributed by atoms with E-state index in [1.54, 1.807) is 4.90 Å². The Labute approximate surface area is 136 Å². The SMILES string of the molecule is CC(C)(C)[C@@]1(Cc2cn3ccccc3n2)CCCCN1C(=O)O. The maximum atomic E-state index is 11.9.